The lowest BCUT2D eigenvalue weighted by Gasteiger charge is -2.26. The van der Waals surface area contributed by atoms with Crippen molar-refractivity contribution in [2.24, 2.45) is 0 Å². The van der Waals surface area contributed by atoms with Crippen molar-refractivity contribution < 1.29 is 13.3 Å². The first-order valence-electron chi connectivity index (χ1n) is 17.4. The number of furan rings is 2. The molecule has 0 fully saturated rings. The molecular weight excluding hydrogens is 641 g/mol. The maximum atomic E-state index is 6.63. The molecule has 0 spiro atoms. The summed E-state index contributed by atoms with van der Waals surface area (Å²) in [5, 5.41) is 6.26. The van der Waals surface area contributed by atoms with Crippen molar-refractivity contribution in [3.63, 3.8) is 0 Å². The van der Waals surface area contributed by atoms with E-state index < -0.39 is 0 Å². The van der Waals surface area contributed by atoms with Crippen LogP contribution in [0.3, 0.4) is 0 Å². The van der Waals surface area contributed by atoms with Crippen LogP contribution >= 0.6 is 0 Å². The molecule has 0 amide bonds. The monoisotopic (exact) mass is 668 g/mol. The van der Waals surface area contributed by atoms with Gasteiger partial charge in [-0.3, -0.25) is 0 Å². The zero-order valence-electron chi connectivity index (χ0n) is 27.8. The normalized spacial score (nSPS) is 11.8. The molecule has 0 saturated heterocycles. The molecule has 5 heteroatoms. The number of rotatable bonds is 5. The van der Waals surface area contributed by atoms with Crippen molar-refractivity contribution in [1.82, 2.24) is 4.98 Å². The van der Waals surface area contributed by atoms with Crippen molar-refractivity contribution in [3.05, 3.63) is 170 Å². The number of nitrogens with zero attached hydrogens (tertiary/aromatic N) is 2. The molecule has 8 aromatic carbocycles. The van der Waals surface area contributed by atoms with Crippen molar-refractivity contribution in [2.45, 2.75) is 0 Å². The average Bonchev–Trinajstić information content (AvgIpc) is 3.92. The molecule has 0 aliphatic rings. The highest BCUT2D eigenvalue weighted by Gasteiger charge is 2.22. The Bertz CT molecular complexity index is 3130. The standard InChI is InChI=1S/C47H28N2O3/c1-2-10-29(11-3-1)30-20-23-32(24-21-30)49(39-16-9-19-42-45(39)35-14-6-7-17-40(35)50-42)33-25-26-36-43(28-33)51-41-18-8-15-37(44(36)41)47-48-38-27-22-31-12-4-5-13-34(31)46(38)52-47/h1-28H. The maximum Gasteiger partial charge on any atom is 0.228 e. The number of hydrogen-bond acceptors (Lipinski definition) is 5. The van der Waals surface area contributed by atoms with Gasteiger partial charge in [-0.2, -0.15) is 0 Å². The molecule has 0 atom stereocenters. The van der Waals surface area contributed by atoms with E-state index in [1.165, 1.54) is 5.56 Å². The van der Waals surface area contributed by atoms with Crippen LogP contribution in [0.2, 0.25) is 0 Å². The summed E-state index contributed by atoms with van der Waals surface area (Å²) in [5.74, 6) is 0.572. The Morgan fingerprint density at radius 3 is 1.98 bits per heavy atom. The van der Waals surface area contributed by atoms with Crippen LogP contribution in [0.25, 0.3) is 88.3 Å². The Kier molecular flexibility index (Phi) is 6.18. The van der Waals surface area contributed by atoms with Gasteiger partial charge in [-0.1, -0.05) is 103 Å². The van der Waals surface area contributed by atoms with E-state index in [2.05, 4.69) is 120 Å². The summed E-state index contributed by atoms with van der Waals surface area (Å²) in [6, 6.07) is 58.5. The number of fused-ring (bicyclic) bond motifs is 9. The van der Waals surface area contributed by atoms with Gasteiger partial charge in [0.05, 0.1) is 11.1 Å². The van der Waals surface area contributed by atoms with Gasteiger partial charge in [-0.05, 0) is 77.2 Å². The number of hydrogen-bond donors (Lipinski definition) is 0. The maximum absolute atomic E-state index is 6.63. The van der Waals surface area contributed by atoms with E-state index in [0.717, 1.165) is 93.9 Å². The van der Waals surface area contributed by atoms with Gasteiger partial charge in [0.15, 0.2) is 5.58 Å². The summed E-state index contributed by atoms with van der Waals surface area (Å²) in [6.45, 7) is 0. The molecule has 52 heavy (non-hydrogen) atoms. The lowest BCUT2D eigenvalue weighted by Crippen LogP contribution is -2.10. The lowest BCUT2D eigenvalue weighted by atomic mass is 10.0. The van der Waals surface area contributed by atoms with Gasteiger partial charge in [-0.25, -0.2) is 4.98 Å². The second-order valence-electron chi connectivity index (χ2n) is 13.1. The molecule has 0 aliphatic heterocycles. The lowest BCUT2D eigenvalue weighted by molar-refractivity contribution is 0.623. The minimum atomic E-state index is 0.572. The zero-order valence-corrected chi connectivity index (χ0v) is 27.8. The smallest absolute Gasteiger partial charge is 0.228 e. The van der Waals surface area contributed by atoms with Crippen LogP contribution in [-0.2, 0) is 0 Å². The topological polar surface area (TPSA) is 55.6 Å². The third-order valence-electron chi connectivity index (χ3n) is 10.1. The largest absolute Gasteiger partial charge is 0.456 e. The Morgan fingerprint density at radius 2 is 1.10 bits per heavy atom. The van der Waals surface area contributed by atoms with Crippen LogP contribution in [0.1, 0.15) is 0 Å². The number of aromatic nitrogens is 1. The minimum absolute atomic E-state index is 0.572. The highest BCUT2D eigenvalue weighted by Crippen LogP contribution is 2.45. The summed E-state index contributed by atoms with van der Waals surface area (Å²) in [4.78, 5) is 7.24. The Balaban J connectivity index is 1.10. The first-order valence-corrected chi connectivity index (χ1v) is 17.4. The number of anilines is 3. The first-order chi connectivity index (χ1) is 25.8. The van der Waals surface area contributed by atoms with Crippen LogP contribution in [-0.4, -0.2) is 4.98 Å². The highest BCUT2D eigenvalue weighted by molar-refractivity contribution is 6.15. The van der Waals surface area contributed by atoms with E-state index in [-0.39, 0.29) is 0 Å². The predicted octanol–water partition coefficient (Wildman–Crippen LogP) is 13.6. The van der Waals surface area contributed by atoms with E-state index in [9.17, 15) is 0 Å². The fraction of sp³-hybridized carbons (Fsp3) is 0. The van der Waals surface area contributed by atoms with Crippen LogP contribution in [0.15, 0.2) is 183 Å². The first kappa shape index (κ1) is 28.7. The average molecular weight is 669 g/mol. The second-order valence-corrected chi connectivity index (χ2v) is 13.1. The van der Waals surface area contributed by atoms with Crippen molar-refractivity contribution >= 4 is 82.8 Å². The predicted molar refractivity (Wildman–Crippen MR) is 212 cm³/mol. The third-order valence-corrected chi connectivity index (χ3v) is 10.1. The van der Waals surface area contributed by atoms with Crippen LogP contribution in [0.5, 0.6) is 0 Å². The van der Waals surface area contributed by atoms with E-state index in [4.69, 9.17) is 18.2 Å². The molecule has 5 nitrogen and oxygen atoms in total. The van der Waals surface area contributed by atoms with E-state index in [1.54, 1.807) is 0 Å². The van der Waals surface area contributed by atoms with Gasteiger partial charge >= 0.3 is 0 Å². The molecule has 3 heterocycles. The van der Waals surface area contributed by atoms with Crippen molar-refractivity contribution in [2.75, 3.05) is 4.90 Å². The van der Waals surface area contributed by atoms with Gasteiger partial charge in [0.1, 0.15) is 27.8 Å². The molecule has 3 aromatic heterocycles. The van der Waals surface area contributed by atoms with Crippen LogP contribution < -0.4 is 4.90 Å². The fourth-order valence-corrected chi connectivity index (χ4v) is 7.71. The summed E-state index contributed by atoms with van der Waals surface area (Å²) >= 11 is 0. The Morgan fingerprint density at radius 1 is 0.423 bits per heavy atom. The van der Waals surface area contributed by atoms with E-state index >= 15 is 0 Å². The molecule has 0 aliphatic carbocycles. The number of benzene rings is 8. The second kappa shape index (κ2) is 11.2. The van der Waals surface area contributed by atoms with Crippen LogP contribution in [0, 0.1) is 0 Å². The molecule has 0 bridgehead atoms. The van der Waals surface area contributed by atoms with E-state index in [1.807, 2.05) is 54.6 Å². The van der Waals surface area contributed by atoms with Gasteiger partial charge in [-0.15, -0.1) is 0 Å². The Labute approximate surface area is 297 Å². The molecule has 11 aromatic rings. The fourth-order valence-electron chi connectivity index (χ4n) is 7.71. The summed E-state index contributed by atoms with van der Waals surface area (Å²) in [5.41, 5.74) is 11.1. The molecule has 244 valence electrons. The summed E-state index contributed by atoms with van der Waals surface area (Å²) in [6.07, 6.45) is 0. The third kappa shape index (κ3) is 4.39. The number of oxazole rings is 1. The molecule has 11 rings (SSSR count). The summed E-state index contributed by atoms with van der Waals surface area (Å²) in [7, 11) is 0. The zero-order chi connectivity index (χ0) is 34.2. The highest BCUT2D eigenvalue weighted by atomic mass is 16.4. The quantitative estimate of drug-likeness (QED) is 0.183. The van der Waals surface area contributed by atoms with Gasteiger partial charge < -0.3 is 18.2 Å². The van der Waals surface area contributed by atoms with Crippen molar-refractivity contribution in [3.8, 4) is 22.6 Å². The van der Waals surface area contributed by atoms with Gasteiger partial charge in [0.25, 0.3) is 0 Å². The molecule has 0 saturated carbocycles. The van der Waals surface area contributed by atoms with Crippen molar-refractivity contribution in [1.29, 1.82) is 0 Å². The van der Waals surface area contributed by atoms with Gasteiger partial charge in [0, 0.05) is 44.5 Å². The molecule has 0 N–H and O–H groups in total. The van der Waals surface area contributed by atoms with Crippen LogP contribution in [0.4, 0.5) is 17.1 Å². The Hall–Kier alpha value is -7.11. The SMILES string of the molecule is c1ccc(-c2ccc(N(c3ccc4c(c3)oc3cccc(-c5nc6ccc7ccccc7c6o5)c34)c3cccc4oc5ccccc5c34)cc2)cc1. The molecular formula is C47H28N2O3. The molecule has 0 radical (unpaired) electrons. The minimum Gasteiger partial charge on any atom is -0.456 e. The summed E-state index contributed by atoms with van der Waals surface area (Å²) < 4.78 is 19.5. The van der Waals surface area contributed by atoms with E-state index in [0.29, 0.717) is 5.89 Å². The molecule has 0 unspecified atom stereocenters. The van der Waals surface area contributed by atoms with Gasteiger partial charge in [0.2, 0.25) is 5.89 Å². The number of para-hydroxylation sites is 1.